The van der Waals surface area contributed by atoms with E-state index in [2.05, 4.69) is 15.2 Å². The number of aryl methyl sites for hydroxylation is 3. The SMILES string of the molecule is Cc1nc(C)n(CCCCC(C)(C)C(N)=NO)n1. The van der Waals surface area contributed by atoms with Crippen molar-refractivity contribution in [1.29, 1.82) is 0 Å². The van der Waals surface area contributed by atoms with Crippen LogP contribution >= 0.6 is 0 Å². The molecule has 18 heavy (non-hydrogen) atoms. The molecule has 0 aliphatic carbocycles. The second-order valence-electron chi connectivity index (χ2n) is 5.26. The molecule has 1 aromatic rings. The highest BCUT2D eigenvalue weighted by Gasteiger charge is 2.22. The van der Waals surface area contributed by atoms with Gasteiger partial charge in [0.05, 0.1) is 0 Å². The Balaban J connectivity index is 2.37. The molecule has 0 bridgehead atoms. The number of oxime groups is 1. The maximum Gasteiger partial charge on any atom is 0.147 e. The highest BCUT2D eigenvalue weighted by atomic mass is 16.4. The van der Waals surface area contributed by atoms with Crippen molar-refractivity contribution >= 4 is 5.84 Å². The Hall–Kier alpha value is -1.59. The van der Waals surface area contributed by atoms with Gasteiger partial charge < -0.3 is 10.9 Å². The van der Waals surface area contributed by atoms with Gasteiger partial charge in [-0.05, 0) is 26.7 Å². The second-order valence-corrected chi connectivity index (χ2v) is 5.26. The molecule has 1 rings (SSSR count). The van der Waals surface area contributed by atoms with Gasteiger partial charge in [0.15, 0.2) is 0 Å². The number of hydrogen-bond acceptors (Lipinski definition) is 4. The van der Waals surface area contributed by atoms with Gasteiger partial charge in [-0.1, -0.05) is 25.4 Å². The molecular weight excluding hydrogens is 230 g/mol. The Morgan fingerprint density at radius 3 is 2.56 bits per heavy atom. The summed E-state index contributed by atoms with van der Waals surface area (Å²) in [4.78, 5) is 4.26. The summed E-state index contributed by atoms with van der Waals surface area (Å²) >= 11 is 0. The molecule has 0 radical (unpaired) electrons. The zero-order valence-corrected chi connectivity index (χ0v) is 11.6. The molecule has 1 aromatic heterocycles. The van der Waals surface area contributed by atoms with E-state index in [1.54, 1.807) is 0 Å². The summed E-state index contributed by atoms with van der Waals surface area (Å²) < 4.78 is 1.92. The number of amidine groups is 1. The number of rotatable bonds is 6. The molecule has 3 N–H and O–H groups in total. The Labute approximate surface area is 108 Å². The van der Waals surface area contributed by atoms with Crippen molar-refractivity contribution < 1.29 is 5.21 Å². The van der Waals surface area contributed by atoms with Crippen LogP contribution in [0.3, 0.4) is 0 Å². The zero-order valence-electron chi connectivity index (χ0n) is 11.6. The first kappa shape index (κ1) is 14.5. The van der Waals surface area contributed by atoms with Crippen LogP contribution in [-0.4, -0.2) is 25.8 Å². The first-order valence-electron chi connectivity index (χ1n) is 6.23. The van der Waals surface area contributed by atoms with Crippen molar-refractivity contribution in [3.8, 4) is 0 Å². The van der Waals surface area contributed by atoms with Crippen LogP contribution in [-0.2, 0) is 6.54 Å². The van der Waals surface area contributed by atoms with Crippen LogP contribution in [0.1, 0.15) is 44.8 Å². The molecular formula is C12H23N5O. The van der Waals surface area contributed by atoms with Crippen LogP contribution in [0.15, 0.2) is 5.16 Å². The van der Waals surface area contributed by atoms with E-state index in [1.165, 1.54) is 0 Å². The monoisotopic (exact) mass is 253 g/mol. The van der Waals surface area contributed by atoms with Gasteiger partial charge in [0.2, 0.25) is 0 Å². The van der Waals surface area contributed by atoms with Crippen molar-refractivity contribution in [2.24, 2.45) is 16.3 Å². The van der Waals surface area contributed by atoms with Crippen molar-refractivity contribution in [2.75, 3.05) is 0 Å². The van der Waals surface area contributed by atoms with E-state index in [4.69, 9.17) is 10.9 Å². The summed E-state index contributed by atoms with van der Waals surface area (Å²) in [5.41, 5.74) is 5.38. The molecule has 0 amide bonds. The van der Waals surface area contributed by atoms with E-state index in [-0.39, 0.29) is 11.3 Å². The third kappa shape index (κ3) is 3.72. The maximum absolute atomic E-state index is 8.68. The van der Waals surface area contributed by atoms with E-state index in [0.29, 0.717) is 0 Å². The molecule has 102 valence electrons. The molecule has 0 spiro atoms. The molecule has 6 nitrogen and oxygen atoms in total. The van der Waals surface area contributed by atoms with Gasteiger partial charge in [-0.2, -0.15) is 5.10 Å². The van der Waals surface area contributed by atoms with Gasteiger partial charge >= 0.3 is 0 Å². The first-order chi connectivity index (χ1) is 8.36. The number of nitrogens with two attached hydrogens (primary N) is 1. The minimum Gasteiger partial charge on any atom is -0.409 e. The minimum absolute atomic E-state index is 0.262. The smallest absolute Gasteiger partial charge is 0.147 e. The molecule has 0 fully saturated rings. The maximum atomic E-state index is 8.68. The first-order valence-corrected chi connectivity index (χ1v) is 6.23. The second kappa shape index (κ2) is 5.84. The number of nitrogens with zero attached hydrogens (tertiary/aromatic N) is 4. The Morgan fingerprint density at radius 2 is 2.06 bits per heavy atom. The van der Waals surface area contributed by atoms with E-state index in [1.807, 2.05) is 32.4 Å². The molecule has 1 heterocycles. The summed E-state index contributed by atoms with van der Waals surface area (Å²) in [6.45, 7) is 8.67. The summed E-state index contributed by atoms with van der Waals surface area (Å²) in [6.07, 6.45) is 2.89. The molecule has 0 aliphatic heterocycles. The quantitative estimate of drug-likeness (QED) is 0.266. The molecule has 0 saturated heterocycles. The predicted octanol–water partition coefficient (Wildman–Crippen LogP) is 1.84. The lowest BCUT2D eigenvalue weighted by atomic mass is 9.86. The average molecular weight is 253 g/mol. The van der Waals surface area contributed by atoms with Crippen molar-refractivity contribution in [2.45, 2.75) is 53.5 Å². The standard InChI is InChI=1S/C12H23N5O/c1-9-14-10(2)17(15-9)8-6-5-7-12(3,4)11(13)16-18/h18H,5-8H2,1-4H3,(H2,13,16). The molecule has 0 atom stereocenters. The Morgan fingerprint density at radius 1 is 1.39 bits per heavy atom. The molecule has 0 aliphatic rings. The molecule has 0 saturated carbocycles. The number of hydrogen-bond donors (Lipinski definition) is 2. The van der Waals surface area contributed by atoms with Gasteiger partial charge in [-0.25, -0.2) is 4.98 Å². The number of unbranched alkanes of at least 4 members (excludes halogenated alkanes) is 1. The van der Waals surface area contributed by atoms with Crippen LogP contribution in [0.5, 0.6) is 0 Å². The third-order valence-electron chi connectivity index (χ3n) is 3.19. The van der Waals surface area contributed by atoms with Crippen LogP contribution in [0.25, 0.3) is 0 Å². The third-order valence-corrected chi connectivity index (χ3v) is 3.19. The summed E-state index contributed by atoms with van der Waals surface area (Å²) in [5.74, 6) is 2.04. The summed E-state index contributed by atoms with van der Waals surface area (Å²) in [6, 6.07) is 0. The highest BCUT2D eigenvalue weighted by molar-refractivity contribution is 5.85. The van der Waals surface area contributed by atoms with Crippen LogP contribution < -0.4 is 5.73 Å². The van der Waals surface area contributed by atoms with E-state index in [0.717, 1.165) is 37.5 Å². The van der Waals surface area contributed by atoms with Gasteiger partial charge in [0.1, 0.15) is 17.5 Å². The van der Waals surface area contributed by atoms with Gasteiger partial charge in [-0.15, -0.1) is 0 Å². The van der Waals surface area contributed by atoms with Crippen LogP contribution in [0.2, 0.25) is 0 Å². The fourth-order valence-electron chi connectivity index (χ4n) is 1.87. The molecule has 6 heteroatoms. The number of aromatic nitrogens is 3. The summed E-state index contributed by atoms with van der Waals surface area (Å²) in [7, 11) is 0. The van der Waals surface area contributed by atoms with Gasteiger partial charge in [0.25, 0.3) is 0 Å². The lowest BCUT2D eigenvalue weighted by Crippen LogP contribution is -2.31. The fraction of sp³-hybridized carbons (Fsp3) is 0.750. The fourth-order valence-corrected chi connectivity index (χ4v) is 1.87. The van der Waals surface area contributed by atoms with Crippen molar-refractivity contribution in [3.05, 3.63) is 11.6 Å². The van der Waals surface area contributed by atoms with Crippen LogP contribution in [0.4, 0.5) is 0 Å². The Kier molecular flexibility index (Phi) is 4.69. The van der Waals surface area contributed by atoms with Gasteiger partial charge in [-0.3, -0.25) is 4.68 Å². The lowest BCUT2D eigenvalue weighted by molar-refractivity contribution is 0.303. The Bertz CT molecular complexity index is 422. The van der Waals surface area contributed by atoms with Crippen LogP contribution in [0, 0.1) is 19.3 Å². The topological polar surface area (TPSA) is 89.3 Å². The zero-order chi connectivity index (χ0) is 13.8. The van der Waals surface area contributed by atoms with Crippen molar-refractivity contribution in [1.82, 2.24) is 14.8 Å². The largest absolute Gasteiger partial charge is 0.409 e. The van der Waals surface area contributed by atoms with Crippen molar-refractivity contribution in [3.63, 3.8) is 0 Å². The summed E-state index contributed by atoms with van der Waals surface area (Å²) in [5, 5.41) is 16.1. The minimum atomic E-state index is -0.262. The lowest BCUT2D eigenvalue weighted by Gasteiger charge is -2.22. The van der Waals surface area contributed by atoms with E-state index < -0.39 is 0 Å². The normalized spacial score (nSPS) is 13.0. The molecule has 0 unspecified atom stereocenters. The van der Waals surface area contributed by atoms with E-state index in [9.17, 15) is 0 Å². The van der Waals surface area contributed by atoms with E-state index >= 15 is 0 Å². The average Bonchev–Trinajstić information content (AvgIpc) is 2.62. The highest BCUT2D eigenvalue weighted by Crippen LogP contribution is 2.23. The van der Waals surface area contributed by atoms with Gasteiger partial charge in [0, 0.05) is 12.0 Å². The predicted molar refractivity (Wildman–Crippen MR) is 70.5 cm³/mol. The molecule has 0 aromatic carbocycles.